The number of amides is 1. The van der Waals surface area contributed by atoms with E-state index >= 15 is 0 Å². The molecule has 3 rings (SSSR count). The van der Waals surface area contributed by atoms with Crippen molar-refractivity contribution in [2.24, 2.45) is 0 Å². The van der Waals surface area contributed by atoms with Gasteiger partial charge in [-0.05, 0) is 47.0 Å². The summed E-state index contributed by atoms with van der Waals surface area (Å²) >= 11 is 0. The molecule has 3 aromatic carbocycles. The van der Waals surface area contributed by atoms with Crippen molar-refractivity contribution in [3.8, 4) is 11.5 Å². The van der Waals surface area contributed by atoms with E-state index in [1.165, 1.54) is 0 Å². The third kappa shape index (κ3) is 4.59. The second-order valence-corrected chi connectivity index (χ2v) is 6.57. The van der Waals surface area contributed by atoms with Gasteiger partial charge in [-0.25, -0.2) is 0 Å². The number of benzene rings is 3. The van der Waals surface area contributed by atoms with Crippen LogP contribution in [-0.2, 0) is 11.3 Å². The fraction of sp³-hybridized carbons (Fsp3) is 0.261. The van der Waals surface area contributed by atoms with Crippen LogP contribution in [0, 0.1) is 0 Å². The van der Waals surface area contributed by atoms with Gasteiger partial charge in [0.05, 0.1) is 7.11 Å². The summed E-state index contributed by atoms with van der Waals surface area (Å²) < 4.78 is 11.2. The highest BCUT2D eigenvalue weighted by atomic mass is 16.5. The summed E-state index contributed by atoms with van der Waals surface area (Å²) in [5.41, 5.74) is 1.05. The number of likely N-dealkylation sites (N-methyl/N-ethyl adjacent to an activating group) is 1. The van der Waals surface area contributed by atoms with Gasteiger partial charge in [0.25, 0.3) is 5.91 Å². The second-order valence-electron chi connectivity index (χ2n) is 6.57. The van der Waals surface area contributed by atoms with Crippen molar-refractivity contribution in [1.82, 2.24) is 4.90 Å². The lowest BCUT2D eigenvalue weighted by Gasteiger charge is -2.24. The van der Waals surface area contributed by atoms with E-state index in [1.54, 1.807) is 19.1 Å². The van der Waals surface area contributed by atoms with Gasteiger partial charge in [0, 0.05) is 13.6 Å². The fourth-order valence-electron chi connectivity index (χ4n) is 3.04. The Morgan fingerprint density at radius 3 is 2.30 bits per heavy atom. The van der Waals surface area contributed by atoms with Gasteiger partial charge in [-0.15, -0.1) is 0 Å². The number of carbonyl (C=O) groups is 1. The summed E-state index contributed by atoms with van der Waals surface area (Å²) in [4.78, 5) is 14.6. The summed E-state index contributed by atoms with van der Waals surface area (Å²) in [6, 6.07) is 21.8. The van der Waals surface area contributed by atoms with E-state index in [0.29, 0.717) is 18.7 Å². The van der Waals surface area contributed by atoms with Gasteiger partial charge in [0.1, 0.15) is 11.5 Å². The van der Waals surface area contributed by atoms with Gasteiger partial charge < -0.3 is 14.4 Å². The molecule has 1 atom stereocenters. The van der Waals surface area contributed by atoms with Crippen molar-refractivity contribution in [3.05, 3.63) is 72.3 Å². The number of rotatable bonds is 7. The number of nitrogens with zero attached hydrogens (tertiary/aromatic N) is 1. The molecule has 0 fully saturated rings. The standard InChI is InChI=1S/C23H25NO3/c1-4-22(27-21-14-11-18-7-5-6-8-19(18)15-21)23(25)24(2)16-17-9-12-20(26-3)13-10-17/h5-15,22H,4,16H2,1-3H3/t22-/m0/s1. The van der Waals surface area contributed by atoms with Crippen LogP contribution >= 0.6 is 0 Å². The molecule has 27 heavy (non-hydrogen) atoms. The molecule has 0 saturated heterocycles. The van der Waals surface area contributed by atoms with E-state index < -0.39 is 6.10 Å². The van der Waals surface area contributed by atoms with Crippen LogP contribution in [0.3, 0.4) is 0 Å². The van der Waals surface area contributed by atoms with Crippen LogP contribution in [0.15, 0.2) is 66.7 Å². The monoisotopic (exact) mass is 363 g/mol. The number of methoxy groups -OCH3 is 1. The predicted molar refractivity (Wildman–Crippen MR) is 108 cm³/mol. The lowest BCUT2D eigenvalue weighted by Crippen LogP contribution is -2.39. The zero-order chi connectivity index (χ0) is 19.2. The lowest BCUT2D eigenvalue weighted by molar-refractivity contribution is -0.138. The van der Waals surface area contributed by atoms with Gasteiger partial charge in [-0.3, -0.25) is 4.79 Å². The van der Waals surface area contributed by atoms with E-state index in [0.717, 1.165) is 22.1 Å². The first-order valence-electron chi connectivity index (χ1n) is 9.14. The van der Waals surface area contributed by atoms with Gasteiger partial charge in [-0.1, -0.05) is 49.4 Å². The predicted octanol–water partition coefficient (Wildman–Crippen LogP) is 4.66. The molecule has 0 spiro atoms. The first-order chi connectivity index (χ1) is 13.1. The minimum absolute atomic E-state index is 0.0264. The maximum atomic E-state index is 12.8. The van der Waals surface area contributed by atoms with Crippen LogP contribution in [0.5, 0.6) is 11.5 Å². The highest BCUT2D eigenvalue weighted by Crippen LogP contribution is 2.22. The van der Waals surface area contributed by atoms with Crippen molar-refractivity contribution >= 4 is 16.7 Å². The quantitative estimate of drug-likeness (QED) is 0.613. The first-order valence-corrected chi connectivity index (χ1v) is 9.14. The Balaban J connectivity index is 1.68. The largest absolute Gasteiger partial charge is 0.497 e. The van der Waals surface area contributed by atoms with Crippen molar-refractivity contribution < 1.29 is 14.3 Å². The average Bonchev–Trinajstić information content (AvgIpc) is 2.72. The van der Waals surface area contributed by atoms with Gasteiger partial charge in [0.15, 0.2) is 6.10 Å². The molecule has 4 nitrogen and oxygen atoms in total. The molecule has 0 saturated carbocycles. The molecule has 3 aromatic rings. The zero-order valence-corrected chi connectivity index (χ0v) is 16.0. The third-order valence-electron chi connectivity index (χ3n) is 4.60. The maximum absolute atomic E-state index is 12.8. The van der Waals surface area contributed by atoms with Crippen LogP contribution in [0.1, 0.15) is 18.9 Å². The Kier molecular flexibility index (Phi) is 5.97. The van der Waals surface area contributed by atoms with Gasteiger partial charge in [-0.2, -0.15) is 0 Å². The van der Waals surface area contributed by atoms with Crippen LogP contribution < -0.4 is 9.47 Å². The van der Waals surface area contributed by atoms with E-state index in [9.17, 15) is 4.79 Å². The normalized spacial score (nSPS) is 11.8. The van der Waals surface area contributed by atoms with E-state index in [1.807, 2.05) is 67.6 Å². The smallest absolute Gasteiger partial charge is 0.263 e. The molecule has 0 aliphatic rings. The molecule has 140 valence electrons. The fourth-order valence-corrected chi connectivity index (χ4v) is 3.04. The SMILES string of the molecule is CC[C@H](Oc1ccc2ccccc2c1)C(=O)N(C)Cc1ccc(OC)cc1. The highest BCUT2D eigenvalue weighted by Gasteiger charge is 2.22. The van der Waals surface area contributed by atoms with Crippen LogP contribution in [0.25, 0.3) is 10.8 Å². The number of fused-ring (bicyclic) bond motifs is 1. The molecule has 0 radical (unpaired) electrons. The Hall–Kier alpha value is -3.01. The van der Waals surface area contributed by atoms with Gasteiger partial charge >= 0.3 is 0 Å². The summed E-state index contributed by atoms with van der Waals surface area (Å²) in [5, 5.41) is 2.25. The second kappa shape index (κ2) is 8.58. The Morgan fingerprint density at radius 1 is 0.963 bits per heavy atom. The van der Waals surface area contributed by atoms with Crippen LogP contribution in [-0.4, -0.2) is 31.1 Å². The molecule has 0 aliphatic heterocycles. The van der Waals surface area contributed by atoms with Crippen molar-refractivity contribution in [3.63, 3.8) is 0 Å². The number of hydrogen-bond donors (Lipinski definition) is 0. The summed E-state index contributed by atoms with van der Waals surface area (Å²) in [6.45, 7) is 2.49. The maximum Gasteiger partial charge on any atom is 0.263 e. The van der Waals surface area contributed by atoms with Crippen molar-refractivity contribution in [1.29, 1.82) is 0 Å². The van der Waals surface area contributed by atoms with Crippen LogP contribution in [0.2, 0.25) is 0 Å². The van der Waals surface area contributed by atoms with E-state index in [4.69, 9.17) is 9.47 Å². The third-order valence-corrected chi connectivity index (χ3v) is 4.60. The number of hydrogen-bond acceptors (Lipinski definition) is 3. The average molecular weight is 363 g/mol. The summed E-state index contributed by atoms with van der Waals surface area (Å²) in [5.74, 6) is 1.49. The van der Waals surface area contributed by atoms with Crippen LogP contribution in [0.4, 0.5) is 0 Å². The molecule has 0 heterocycles. The number of ether oxygens (including phenoxy) is 2. The summed E-state index contributed by atoms with van der Waals surface area (Å²) in [6.07, 6.45) is 0.105. The lowest BCUT2D eigenvalue weighted by atomic mass is 10.1. The molecule has 1 amide bonds. The Bertz CT molecular complexity index is 905. The minimum Gasteiger partial charge on any atom is -0.497 e. The highest BCUT2D eigenvalue weighted by molar-refractivity contribution is 5.84. The Morgan fingerprint density at radius 2 is 1.63 bits per heavy atom. The molecule has 0 unspecified atom stereocenters. The van der Waals surface area contributed by atoms with Crippen molar-refractivity contribution in [2.45, 2.75) is 26.0 Å². The Labute approximate surface area is 160 Å². The van der Waals surface area contributed by atoms with Crippen molar-refractivity contribution in [2.75, 3.05) is 14.2 Å². The van der Waals surface area contributed by atoms with E-state index in [-0.39, 0.29) is 5.91 Å². The first kappa shape index (κ1) is 18.8. The van der Waals surface area contributed by atoms with E-state index in [2.05, 4.69) is 6.07 Å². The molecule has 0 aromatic heterocycles. The molecular formula is C23H25NO3. The topological polar surface area (TPSA) is 38.8 Å². The minimum atomic E-state index is -0.505. The summed E-state index contributed by atoms with van der Waals surface area (Å²) in [7, 11) is 3.44. The van der Waals surface area contributed by atoms with Gasteiger partial charge in [0.2, 0.25) is 0 Å². The number of carbonyl (C=O) groups excluding carboxylic acids is 1. The molecule has 0 aliphatic carbocycles. The molecule has 0 bridgehead atoms. The molecule has 0 N–H and O–H groups in total. The zero-order valence-electron chi connectivity index (χ0n) is 16.0. The molecule has 4 heteroatoms. The molecular weight excluding hydrogens is 338 g/mol.